The van der Waals surface area contributed by atoms with Crippen molar-refractivity contribution in [2.45, 2.75) is 66.0 Å². The minimum absolute atomic E-state index is 0.0192. The predicted molar refractivity (Wildman–Crippen MR) is 94.0 cm³/mol. The van der Waals surface area contributed by atoms with Crippen LogP contribution in [0, 0.1) is 6.92 Å². The van der Waals surface area contributed by atoms with Crippen molar-refractivity contribution in [1.29, 1.82) is 0 Å². The van der Waals surface area contributed by atoms with Crippen LogP contribution >= 0.6 is 0 Å². The largest absolute Gasteiger partial charge is 0.354 e. The fraction of sp³-hybridized carbons (Fsp3) is 0.579. The van der Waals surface area contributed by atoms with E-state index < -0.39 is 6.04 Å². The molecular formula is C19H30N2O2. The molecule has 2 amide bonds. The first kappa shape index (κ1) is 19.2. The summed E-state index contributed by atoms with van der Waals surface area (Å²) in [5, 5.41) is 2.96. The van der Waals surface area contributed by atoms with E-state index in [1.54, 1.807) is 4.90 Å². The fourth-order valence-corrected chi connectivity index (χ4v) is 2.60. The summed E-state index contributed by atoms with van der Waals surface area (Å²) in [6, 6.07) is 7.61. The van der Waals surface area contributed by atoms with Gasteiger partial charge in [-0.2, -0.15) is 0 Å². The average molecular weight is 318 g/mol. The molecule has 0 spiro atoms. The molecule has 4 nitrogen and oxygen atoms in total. The lowest BCUT2D eigenvalue weighted by Gasteiger charge is -2.30. The summed E-state index contributed by atoms with van der Waals surface area (Å²) in [6.45, 7) is 9.08. The molecule has 128 valence electrons. The van der Waals surface area contributed by atoms with Gasteiger partial charge in [0.25, 0.3) is 0 Å². The van der Waals surface area contributed by atoms with Crippen molar-refractivity contribution in [2.75, 3.05) is 6.54 Å². The number of benzene rings is 1. The van der Waals surface area contributed by atoms with Gasteiger partial charge < -0.3 is 10.2 Å². The highest BCUT2D eigenvalue weighted by molar-refractivity contribution is 5.87. The van der Waals surface area contributed by atoms with Gasteiger partial charge in [-0.15, -0.1) is 0 Å². The minimum atomic E-state index is -0.404. The van der Waals surface area contributed by atoms with E-state index in [9.17, 15) is 9.59 Å². The standard InChI is InChI=1S/C19H30N2O2/c1-5-8-13-20-19(23)17(6-2)21(18(22)7-3)14-16-12-10-9-11-15(16)4/h9-12,17H,5-8,13-14H2,1-4H3,(H,20,23)/t17-/m1/s1. The number of nitrogens with one attached hydrogen (secondary N) is 1. The van der Waals surface area contributed by atoms with Crippen LogP contribution in [0.15, 0.2) is 24.3 Å². The maximum absolute atomic E-state index is 12.5. The van der Waals surface area contributed by atoms with Crippen LogP contribution in [-0.4, -0.2) is 29.3 Å². The first-order valence-electron chi connectivity index (χ1n) is 8.66. The van der Waals surface area contributed by atoms with E-state index in [-0.39, 0.29) is 11.8 Å². The lowest BCUT2D eigenvalue weighted by atomic mass is 10.1. The lowest BCUT2D eigenvalue weighted by molar-refractivity contribution is -0.141. The van der Waals surface area contributed by atoms with Gasteiger partial charge in [-0.05, 0) is 30.9 Å². The summed E-state index contributed by atoms with van der Waals surface area (Å²) in [4.78, 5) is 26.6. The molecule has 0 aliphatic carbocycles. The van der Waals surface area contributed by atoms with Crippen molar-refractivity contribution in [1.82, 2.24) is 10.2 Å². The summed E-state index contributed by atoms with van der Waals surface area (Å²) in [6.07, 6.45) is 3.03. The summed E-state index contributed by atoms with van der Waals surface area (Å²) in [5.41, 5.74) is 2.23. The Kier molecular flexibility index (Phi) is 8.38. The summed E-state index contributed by atoms with van der Waals surface area (Å²) in [5.74, 6) is -0.0259. The van der Waals surface area contributed by atoms with Gasteiger partial charge in [0.05, 0.1) is 0 Å². The van der Waals surface area contributed by atoms with Crippen molar-refractivity contribution < 1.29 is 9.59 Å². The number of unbranched alkanes of at least 4 members (excludes halogenated alkanes) is 1. The molecule has 0 aliphatic heterocycles. The monoisotopic (exact) mass is 318 g/mol. The predicted octanol–water partition coefficient (Wildman–Crippen LogP) is 3.43. The summed E-state index contributed by atoms with van der Waals surface area (Å²) >= 11 is 0. The number of rotatable bonds is 9. The molecular weight excluding hydrogens is 288 g/mol. The smallest absolute Gasteiger partial charge is 0.242 e. The first-order chi connectivity index (χ1) is 11.0. The Morgan fingerprint density at radius 2 is 1.87 bits per heavy atom. The number of hydrogen-bond acceptors (Lipinski definition) is 2. The van der Waals surface area contributed by atoms with Crippen LogP contribution < -0.4 is 5.32 Å². The average Bonchev–Trinajstić information content (AvgIpc) is 2.56. The number of hydrogen-bond donors (Lipinski definition) is 1. The molecule has 0 radical (unpaired) electrons. The molecule has 1 aromatic rings. The zero-order chi connectivity index (χ0) is 17.2. The second-order valence-electron chi connectivity index (χ2n) is 5.87. The van der Waals surface area contributed by atoms with Crippen molar-refractivity contribution in [3.8, 4) is 0 Å². The van der Waals surface area contributed by atoms with Gasteiger partial charge in [0.2, 0.25) is 11.8 Å². The molecule has 0 saturated heterocycles. The molecule has 0 heterocycles. The van der Waals surface area contributed by atoms with E-state index in [1.165, 1.54) is 0 Å². The number of nitrogens with zero attached hydrogens (tertiary/aromatic N) is 1. The second kappa shape index (κ2) is 10.0. The van der Waals surface area contributed by atoms with E-state index >= 15 is 0 Å². The van der Waals surface area contributed by atoms with Gasteiger partial charge in [0.1, 0.15) is 6.04 Å². The number of carbonyl (C=O) groups excluding carboxylic acids is 2. The lowest BCUT2D eigenvalue weighted by Crippen LogP contribution is -2.49. The Balaban J connectivity index is 2.92. The third-order valence-corrected chi connectivity index (χ3v) is 4.12. The summed E-state index contributed by atoms with van der Waals surface area (Å²) < 4.78 is 0. The van der Waals surface area contributed by atoms with Gasteiger partial charge in [-0.3, -0.25) is 9.59 Å². The van der Waals surface area contributed by atoms with Crippen LogP contribution in [0.1, 0.15) is 57.6 Å². The Morgan fingerprint density at radius 1 is 1.17 bits per heavy atom. The van der Waals surface area contributed by atoms with Crippen molar-refractivity contribution in [2.24, 2.45) is 0 Å². The molecule has 0 fully saturated rings. The maximum atomic E-state index is 12.5. The number of aryl methyl sites for hydroxylation is 1. The molecule has 1 aromatic carbocycles. The normalized spacial score (nSPS) is 11.8. The quantitative estimate of drug-likeness (QED) is 0.709. The molecule has 1 N–H and O–H groups in total. The highest BCUT2D eigenvalue weighted by Crippen LogP contribution is 2.16. The highest BCUT2D eigenvalue weighted by Gasteiger charge is 2.27. The Hall–Kier alpha value is -1.84. The van der Waals surface area contributed by atoms with Crippen LogP contribution in [0.2, 0.25) is 0 Å². The van der Waals surface area contributed by atoms with Crippen LogP contribution in [0.4, 0.5) is 0 Å². The molecule has 23 heavy (non-hydrogen) atoms. The van der Waals surface area contributed by atoms with Crippen molar-refractivity contribution in [3.05, 3.63) is 35.4 Å². The van der Waals surface area contributed by atoms with Crippen LogP contribution in [0.5, 0.6) is 0 Å². The maximum Gasteiger partial charge on any atom is 0.242 e. The van der Waals surface area contributed by atoms with E-state index in [2.05, 4.69) is 12.2 Å². The van der Waals surface area contributed by atoms with Gasteiger partial charge in [-0.25, -0.2) is 0 Å². The van der Waals surface area contributed by atoms with E-state index in [4.69, 9.17) is 0 Å². The number of amides is 2. The molecule has 4 heteroatoms. The third-order valence-electron chi connectivity index (χ3n) is 4.12. The molecule has 1 rings (SSSR count). The van der Waals surface area contributed by atoms with Gasteiger partial charge in [-0.1, -0.05) is 51.5 Å². The SMILES string of the molecule is CCCCNC(=O)[C@@H](CC)N(Cc1ccccc1C)C(=O)CC. The van der Waals surface area contributed by atoms with Crippen LogP contribution in [0.3, 0.4) is 0 Å². The van der Waals surface area contributed by atoms with Gasteiger partial charge >= 0.3 is 0 Å². The number of carbonyl (C=O) groups is 2. The Bertz CT molecular complexity index is 514. The van der Waals surface area contributed by atoms with Crippen LogP contribution in [-0.2, 0) is 16.1 Å². The van der Waals surface area contributed by atoms with Crippen molar-refractivity contribution >= 4 is 11.8 Å². The minimum Gasteiger partial charge on any atom is -0.354 e. The van der Waals surface area contributed by atoms with Crippen LogP contribution in [0.25, 0.3) is 0 Å². The zero-order valence-corrected chi connectivity index (χ0v) is 14.9. The highest BCUT2D eigenvalue weighted by atomic mass is 16.2. The Labute approximate surface area is 140 Å². The second-order valence-corrected chi connectivity index (χ2v) is 5.87. The van der Waals surface area contributed by atoms with E-state index in [1.807, 2.05) is 45.0 Å². The van der Waals surface area contributed by atoms with E-state index in [0.717, 1.165) is 24.0 Å². The molecule has 0 unspecified atom stereocenters. The molecule has 0 saturated carbocycles. The molecule has 0 aromatic heterocycles. The topological polar surface area (TPSA) is 49.4 Å². The zero-order valence-electron chi connectivity index (χ0n) is 14.9. The van der Waals surface area contributed by atoms with Gasteiger partial charge in [0.15, 0.2) is 0 Å². The van der Waals surface area contributed by atoms with E-state index in [0.29, 0.717) is 25.9 Å². The molecule has 1 atom stereocenters. The molecule has 0 aliphatic rings. The Morgan fingerprint density at radius 3 is 2.43 bits per heavy atom. The fourth-order valence-electron chi connectivity index (χ4n) is 2.60. The summed E-state index contributed by atoms with van der Waals surface area (Å²) in [7, 11) is 0. The first-order valence-corrected chi connectivity index (χ1v) is 8.66. The van der Waals surface area contributed by atoms with Crippen molar-refractivity contribution in [3.63, 3.8) is 0 Å². The third kappa shape index (κ3) is 5.70. The molecule has 0 bridgehead atoms. The van der Waals surface area contributed by atoms with Gasteiger partial charge in [0, 0.05) is 19.5 Å².